The molecule has 33 heavy (non-hydrogen) atoms. The number of hydrogen-bond donors (Lipinski definition) is 1. The molecular weight excluding hydrogens is 439 g/mol. The number of ketones is 1. The molecule has 0 bridgehead atoms. The van der Waals surface area contributed by atoms with E-state index in [4.69, 9.17) is 9.57 Å². The van der Waals surface area contributed by atoms with E-state index in [1.54, 1.807) is 24.3 Å². The summed E-state index contributed by atoms with van der Waals surface area (Å²) in [5.74, 6) is -0.979. The third-order valence-corrected chi connectivity index (χ3v) is 5.86. The van der Waals surface area contributed by atoms with Crippen molar-refractivity contribution in [3.63, 3.8) is 0 Å². The Morgan fingerprint density at radius 2 is 1.97 bits per heavy atom. The highest BCUT2D eigenvalue weighted by atomic mass is 19.4. The molecule has 4 rings (SSSR count). The lowest BCUT2D eigenvalue weighted by Gasteiger charge is -2.29. The number of amides is 1. The molecular formula is C23H26F3N3O4. The molecule has 2 aromatic rings. The molecule has 0 saturated carbocycles. The summed E-state index contributed by atoms with van der Waals surface area (Å²) in [7, 11) is 0. The Bertz CT molecular complexity index is 1040. The van der Waals surface area contributed by atoms with Crippen molar-refractivity contribution in [1.29, 1.82) is 0 Å². The smallest absolute Gasteiger partial charge is 0.350 e. The van der Waals surface area contributed by atoms with Crippen LogP contribution in [0.25, 0.3) is 0 Å². The first kappa shape index (κ1) is 23.4. The van der Waals surface area contributed by atoms with Crippen LogP contribution < -0.4 is 5.48 Å². The first-order valence-electron chi connectivity index (χ1n) is 10.9. The largest absolute Gasteiger partial charge is 0.435 e. The Balaban J connectivity index is 1.50. The second kappa shape index (κ2) is 8.90. The van der Waals surface area contributed by atoms with Gasteiger partial charge < -0.3 is 4.74 Å². The standard InChI is InChI=1S/C23H26F3N3O4/c1-22(2)11-16-19(17(30)12-22)20(23(24,25)26)27-29(16)13-14-6-8-15(9-7-14)21(31)28-33-18-5-3-4-10-32-18/h6-9,18H,3-5,10-13H2,1-2H3,(H,28,31). The van der Waals surface area contributed by atoms with Gasteiger partial charge in [0, 0.05) is 25.0 Å². The maximum absolute atomic E-state index is 13.5. The fourth-order valence-electron chi connectivity index (χ4n) is 4.25. The number of nitrogens with one attached hydrogen (secondary N) is 1. The second-order valence-corrected chi connectivity index (χ2v) is 9.31. The Hall–Kier alpha value is -2.72. The maximum atomic E-state index is 13.5. The number of carbonyl (C=O) groups excluding carboxylic acids is 2. The molecule has 1 aromatic heterocycles. The van der Waals surface area contributed by atoms with Gasteiger partial charge in [-0.2, -0.15) is 18.3 Å². The second-order valence-electron chi connectivity index (χ2n) is 9.31. The summed E-state index contributed by atoms with van der Waals surface area (Å²) in [6.45, 7) is 4.35. The van der Waals surface area contributed by atoms with Crippen LogP contribution >= 0.6 is 0 Å². The Labute approximate surface area is 189 Å². The van der Waals surface area contributed by atoms with Crippen LogP contribution in [-0.4, -0.2) is 34.4 Å². The van der Waals surface area contributed by atoms with Gasteiger partial charge in [-0.1, -0.05) is 26.0 Å². The number of benzene rings is 1. The number of aromatic nitrogens is 2. The zero-order valence-electron chi connectivity index (χ0n) is 18.5. The molecule has 7 nitrogen and oxygen atoms in total. The van der Waals surface area contributed by atoms with Crippen molar-refractivity contribution in [3.05, 3.63) is 52.3 Å². The molecule has 1 saturated heterocycles. The molecule has 0 radical (unpaired) electrons. The van der Waals surface area contributed by atoms with E-state index >= 15 is 0 Å². The van der Waals surface area contributed by atoms with Crippen molar-refractivity contribution in [3.8, 4) is 0 Å². The highest BCUT2D eigenvalue weighted by Crippen LogP contribution is 2.41. The van der Waals surface area contributed by atoms with E-state index in [0.29, 0.717) is 36.3 Å². The fourth-order valence-corrected chi connectivity index (χ4v) is 4.25. The molecule has 1 aliphatic carbocycles. The summed E-state index contributed by atoms with van der Waals surface area (Å²) >= 11 is 0. The molecule has 2 heterocycles. The Morgan fingerprint density at radius 1 is 1.24 bits per heavy atom. The highest BCUT2D eigenvalue weighted by molar-refractivity contribution is 6.00. The van der Waals surface area contributed by atoms with Gasteiger partial charge in [-0.3, -0.25) is 14.3 Å². The SMILES string of the molecule is CC1(C)CC(=O)c2c(C(F)(F)F)nn(Cc3ccc(C(=O)NOC4CCCCO4)cc3)c2C1. The zero-order valence-corrected chi connectivity index (χ0v) is 18.5. The molecule has 178 valence electrons. The minimum absolute atomic E-state index is 0.0482. The van der Waals surface area contributed by atoms with Crippen molar-refractivity contribution < 1.29 is 32.3 Å². The van der Waals surface area contributed by atoms with E-state index in [9.17, 15) is 22.8 Å². The molecule has 2 aliphatic rings. The number of halogens is 3. The summed E-state index contributed by atoms with van der Waals surface area (Å²) in [6, 6.07) is 6.41. The Morgan fingerprint density at radius 3 is 2.61 bits per heavy atom. The van der Waals surface area contributed by atoms with Crippen LogP contribution in [0.15, 0.2) is 24.3 Å². The van der Waals surface area contributed by atoms with E-state index in [1.165, 1.54) is 4.68 Å². The van der Waals surface area contributed by atoms with Crippen LogP contribution in [0.3, 0.4) is 0 Å². The van der Waals surface area contributed by atoms with Gasteiger partial charge in [-0.15, -0.1) is 0 Å². The van der Waals surface area contributed by atoms with Crippen LogP contribution in [0, 0.1) is 5.41 Å². The lowest BCUT2D eigenvalue weighted by Crippen LogP contribution is -2.33. The van der Waals surface area contributed by atoms with Crippen LogP contribution in [0.1, 0.15) is 77.2 Å². The number of rotatable bonds is 5. The predicted octanol–water partition coefficient (Wildman–Crippen LogP) is 4.29. The van der Waals surface area contributed by atoms with E-state index in [1.807, 2.05) is 13.8 Å². The molecule has 1 aliphatic heterocycles. The van der Waals surface area contributed by atoms with Gasteiger partial charge in [-0.25, -0.2) is 10.3 Å². The van der Waals surface area contributed by atoms with E-state index < -0.39 is 35.3 Å². The minimum atomic E-state index is -4.71. The van der Waals surface area contributed by atoms with Gasteiger partial charge in [0.05, 0.1) is 17.8 Å². The van der Waals surface area contributed by atoms with E-state index in [0.717, 1.165) is 12.8 Å². The normalized spacial score (nSPS) is 20.4. The van der Waals surface area contributed by atoms with E-state index in [2.05, 4.69) is 10.6 Å². The number of alkyl halides is 3. The van der Waals surface area contributed by atoms with Crippen LogP contribution in [-0.2, 0) is 28.7 Å². The van der Waals surface area contributed by atoms with Gasteiger partial charge in [-0.05, 0) is 42.4 Å². The first-order valence-corrected chi connectivity index (χ1v) is 10.9. The third kappa shape index (κ3) is 5.27. The van der Waals surface area contributed by atoms with Crippen LogP contribution in [0.2, 0.25) is 0 Å². The summed E-state index contributed by atoms with van der Waals surface area (Å²) in [5.41, 5.74) is 1.76. The van der Waals surface area contributed by atoms with Crippen molar-refractivity contribution in [2.24, 2.45) is 5.41 Å². The van der Waals surface area contributed by atoms with Crippen LogP contribution in [0.4, 0.5) is 13.2 Å². The fraction of sp³-hybridized carbons (Fsp3) is 0.522. The molecule has 1 unspecified atom stereocenters. The quantitative estimate of drug-likeness (QED) is 0.666. The molecule has 1 atom stereocenters. The van der Waals surface area contributed by atoms with Gasteiger partial charge in [0.2, 0.25) is 0 Å². The first-order chi connectivity index (χ1) is 15.5. The summed E-state index contributed by atoms with van der Waals surface area (Å²) in [4.78, 5) is 30.1. The van der Waals surface area contributed by atoms with Crippen molar-refractivity contribution >= 4 is 11.7 Å². The summed E-state index contributed by atoms with van der Waals surface area (Å²) < 4.78 is 47.3. The zero-order chi connectivity index (χ0) is 23.8. The van der Waals surface area contributed by atoms with Crippen LogP contribution in [0.5, 0.6) is 0 Å². The molecule has 10 heteroatoms. The number of nitrogens with zero attached hydrogens (tertiary/aromatic N) is 2. The number of Topliss-reactive ketones (excluding diaryl/α,β-unsaturated/α-hetero) is 1. The van der Waals surface area contributed by atoms with Crippen molar-refractivity contribution in [2.45, 2.75) is 65.0 Å². The Kier molecular flexibility index (Phi) is 6.32. The predicted molar refractivity (Wildman–Crippen MR) is 111 cm³/mol. The van der Waals surface area contributed by atoms with Crippen molar-refractivity contribution in [1.82, 2.24) is 15.3 Å². The average Bonchev–Trinajstić information content (AvgIpc) is 3.11. The molecule has 1 aromatic carbocycles. The van der Waals surface area contributed by atoms with E-state index in [-0.39, 0.29) is 18.5 Å². The maximum Gasteiger partial charge on any atom is 0.435 e. The van der Waals surface area contributed by atoms with Gasteiger partial charge in [0.15, 0.2) is 17.8 Å². The number of hydrogen-bond acceptors (Lipinski definition) is 5. The number of carbonyl (C=O) groups is 2. The lowest BCUT2D eigenvalue weighted by atomic mass is 9.75. The molecule has 1 amide bonds. The number of fused-ring (bicyclic) bond motifs is 1. The van der Waals surface area contributed by atoms with Gasteiger partial charge in [0.1, 0.15) is 0 Å². The third-order valence-electron chi connectivity index (χ3n) is 5.86. The minimum Gasteiger partial charge on any atom is -0.350 e. The highest BCUT2D eigenvalue weighted by Gasteiger charge is 2.45. The number of hydroxylamine groups is 1. The summed E-state index contributed by atoms with van der Waals surface area (Å²) in [5, 5.41) is 3.77. The monoisotopic (exact) mass is 465 g/mol. The topological polar surface area (TPSA) is 82.5 Å². The molecule has 0 spiro atoms. The molecule has 1 fully saturated rings. The lowest BCUT2D eigenvalue weighted by molar-refractivity contribution is -0.186. The van der Waals surface area contributed by atoms with Gasteiger partial charge >= 0.3 is 6.18 Å². The number of ether oxygens (including phenoxy) is 1. The van der Waals surface area contributed by atoms with Gasteiger partial charge in [0.25, 0.3) is 5.91 Å². The summed E-state index contributed by atoms with van der Waals surface area (Å²) in [6.07, 6.45) is -2.19. The molecule has 1 N–H and O–H groups in total. The average molecular weight is 465 g/mol. The van der Waals surface area contributed by atoms with Crippen molar-refractivity contribution in [2.75, 3.05) is 6.61 Å².